The van der Waals surface area contributed by atoms with Gasteiger partial charge < -0.3 is 14.2 Å². The molecule has 2 aromatic rings. The zero-order valence-corrected chi connectivity index (χ0v) is 16.1. The van der Waals surface area contributed by atoms with Gasteiger partial charge in [0.1, 0.15) is 5.56 Å². The van der Waals surface area contributed by atoms with Crippen molar-refractivity contribution >= 4 is 17.4 Å². The Morgan fingerprint density at radius 1 is 1.07 bits per heavy atom. The monoisotopic (exact) mass is 387 g/mol. The average molecular weight is 387 g/mol. The van der Waals surface area contributed by atoms with Crippen molar-refractivity contribution in [1.82, 2.24) is 0 Å². The third-order valence-electron chi connectivity index (χ3n) is 4.22. The Balaban J connectivity index is 2.27. The Morgan fingerprint density at radius 2 is 1.64 bits per heavy atom. The first-order valence-corrected chi connectivity index (χ1v) is 8.56. The Hall–Kier alpha value is -3.42. The quantitative estimate of drug-likeness (QED) is 0.295. The number of carbonyl (C=O) groups excluding carboxylic acids is 2. The van der Waals surface area contributed by atoms with Gasteiger partial charge in [0.2, 0.25) is 5.78 Å². The maximum Gasteiger partial charge on any atom is 0.346 e. The van der Waals surface area contributed by atoms with E-state index in [1.54, 1.807) is 12.1 Å². The van der Waals surface area contributed by atoms with Gasteiger partial charge in [0.05, 0.1) is 25.2 Å². The van der Waals surface area contributed by atoms with Gasteiger partial charge in [0.15, 0.2) is 17.6 Å². The molecule has 1 unspecified atom stereocenters. The van der Waals surface area contributed by atoms with Gasteiger partial charge in [0, 0.05) is 11.6 Å². The van der Waals surface area contributed by atoms with Gasteiger partial charge in [-0.2, -0.15) is 0 Å². The lowest BCUT2D eigenvalue weighted by Crippen LogP contribution is -2.25. The summed E-state index contributed by atoms with van der Waals surface area (Å²) >= 11 is 0. The Labute approximate surface area is 162 Å². The standard InChI is InChI=1S/C20H21NO7/c1-5-13-6-8-14(9-7-13)19(22)12(2)28-20(23)15-10-17(26-3)18(27-4)11-16(15)21(24)25/h6-12H,5H2,1-4H3. The summed E-state index contributed by atoms with van der Waals surface area (Å²) in [6.07, 6.45) is -0.283. The number of Topliss-reactive ketones (excluding diaryl/α,β-unsaturated/α-hetero) is 1. The van der Waals surface area contributed by atoms with Crippen molar-refractivity contribution in [2.75, 3.05) is 14.2 Å². The van der Waals surface area contributed by atoms with Crippen LogP contribution < -0.4 is 9.47 Å². The normalized spacial score (nSPS) is 11.4. The van der Waals surface area contributed by atoms with Crippen molar-refractivity contribution in [1.29, 1.82) is 0 Å². The number of nitro benzene ring substituents is 1. The van der Waals surface area contributed by atoms with E-state index in [4.69, 9.17) is 14.2 Å². The molecule has 0 bridgehead atoms. The highest BCUT2D eigenvalue weighted by Gasteiger charge is 2.28. The molecule has 0 heterocycles. The van der Waals surface area contributed by atoms with Crippen molar-refractivity contribution in [3.05, 3.63) is 63.2 Å². The fourth-order valence-corrected chi connectivity index (χ4v) is 2.60. The number of carbonyl (C=O) groups is 2. The van der Waals surface area contributed by atoms with E-state index < -0.39 is 28.5 Å². The predicted octanol–water partition coefficient (Wildman–Crippen LogP) is 3.60. The van der Waals surface area contributed by atoms with Crippen LogP contribution in [0.5, 0.6) is 11.5 Å². The lowest BCUT2D eigenvalue weighted by molar-refractivity contribution is -0.385. The number of ether oxygens (including phenoxy) is 3. The minimum atomic E-state index is -1.12. The van der Waals surface area contributed by atoms with Crippen LogP contribution in [0.25, 0.3) is 0 Å². The number of methoxy groups -OCH3 is 2. The van der Waals surface area contributed by atoms with Crippen LogP contribution in [0.1, 0.15) is 40.1 Å². The van der Waals surface area contributed by atoms with Crippen molar-refractivity contribution in [3.8, 4) is 11.5 Å². The molecule has 0 aliphatic carbocycles. The molecule has 8 heteroatoms. The molecule has 8 nitrogen and oxygen atoms in total. The highest BCUT2D eigenvalue weighted by atomic mass is 16.6. The van der Waals surface area contributed by atoms with E-state index in [1.807, 2.05) is 19.1 Å². The third kappa shape index (κ3) is 4.46. The molecule has 0 aliphatic heterocycles. The lowest BCUT2D eigenvalue weighted by Gasteiger charge is -2.14. The molecule has 1 atom stereocenters. The summed E-state index contributed by atoms with van der Waals surface area (Å²) in [5.74, 6) is -1.17. The number of aryl methyl sites for hydroxylation is 1. The van der Waals surface area contributed by atoms with Crippen molar-refractivity contribution in [3.63, 3.8) is 0 Å². The summed E-state index contributed by atoms with van der Waals surface area (Å²) in [4.78, 5) is 35.6. The maximum atomic E-state index is 12.5. The van der Waals surface area contributed by atoms with Crippen molar-refractivity contribution < 1.29 is 28.7 Å². The molecule has 0 radical (unpaired) electrons. The first kappa shape index (κ1) is 20.9. The lowest BCUT2D eigenvalue weighted by atomic mass is 10.0. The Bertz CT molecular complexity index is 890. The molecule has 148 valence electrons. The molecular formula is C20H21NO7. The van der Waals surface area contributed by atoms with Crippen LogP contribution in [-0.2, 0) is 11.2 Å². The zero-order valence-electron chi connectivity index (χ0n) is 16.1. The maximum absolute atomic E-state index is 12.5. The predicted molar refractivity (Wildman–Crippen MR) is 101 cm³/mol. The molecule has 0 spiro atoms. The van der Waals surface area contributed by atoms with Crippen LogP contribution in [0.2, 0.25) is 0 Å². The molecule has 0 amide bonds. The van der Waals surface area contributed by atoms with E-state index in [0.29, 0.717) is 5.56 Å². The highest BCUT2D eigenvalue weighted by molar-refractivity contribution is 6.02. The largest absolute Gasteiger partial charge is 0.493 e. The summed E-state index contributed by atoms with van der Waals surface area (Å²) in [6, 6.07) is 9.19. The number of hydrogen-bond acceptors (Lipinski definition) is 7. The second-order valence-corrected chi connectivity index (χ2v) is 5.94. The number of rotatable bonds is 8. The van der Waals surface area contributed by atoms with Gasteiger partial charge in [-0.05, 0) is 18.9 Å². The van der Waals surface area contributed by atoms with Gasteiger partial charge in [0.25, 0.3) is 5.69 Å². The fourth-order valence-electron chi connectivity index (χ4n) is 2.60. The number of esters is 1. The smallest absolute Gasteiger partial charge is 0.346 e. The van der Waals surface area contributed by atoms with Crippen LogP contribution in [0, 0.1) is 10.1 Å². The first-order chi connectivity index (χ1) is 13.3. The third-order valence-corrected chi connectivity index (χ3v) is 4.22. The van der Waals surface area contributed by atoms with Crippen LogP contribution in [0.3, 0.4) is 0 Å². The molecule has 0 N–H and O–H groups in total. The number of hydrogen-bond donors (Lipinski definition) is 0. The van der Waals surface area contributed by atoms with Crippen molar-refractivity contribution in [2.24, 2.45) is 0 Å². The second-order valence-electron chi connectivity index (χ2n) is 5.94. The van der Waals surface area contributed by atoms with Crippen LogP contribution in [0.4, 0.5) is 5.69 Å². The topological polar surface area (TPSA) is 105 Å². The minimum Gasteiger partial charge on any atom is -0.493 e. The van der Waals surface area contributed by atoms with Gasteiger partial charge in [-0.25, -0.2) is 4.79 Å². The van der Waals surface area contributed by atoms with Crippen molar-refractivity contribution in [2.45, 2.75) is 26.4 Å². The SMILES string of the molecule is CCc1ccc(C(=O)C(C)OC(=O)c2cc(OC)c(OC)cc2[N+](=O)[O-])cc1. The molecule has 0 saturated heterocycles. The summed E-state index contributed by atoms with van der Waals surface area (Å²) in [6.45, 7) is 3.41. The van der Waals surface area contributed by atoms with Crippen LogP contribution >= 0.6 is 0 Å². The Kier molecular flexibility index (Phi) is 6.70. The zero-order chi connectivity index (χ0) is 20.8. The highest BCUT2D eigenvalue weighted by Crippen LogP contribution is 2.35. The van der Waals surface area contributed by atoms with Crippen LogP contribution in [0.15, 0.2) is 36.4 Å². The number of benzene rings is 2. The van der Waals surface area contributed by atoms with E-state index in [0.717, 1.165) is 24.1 Å². The molecule has 2 rings (SSSR count). The van der Waals surface area contributed by atoms with Gasteiger partial charge in [-0.3, -0.25) is 14.9 Å². The molecule has 0 aromatic heterocycles. The minimum absolute atomic E-state index is 0.103. The molecular weight excluding hydrogens is 366 g/mol. The van der Waals surface area contributed by atoms with Gasteiger partial charge in [-0.15, -0.1) is 0 Å². The summed E-state index contributed by atoms with van der Waals surface area (Å²) < 4.78 is 15.3. The number of ketones is 1. The van der Waals surface area contributed by atoms with E-state index in [-0.39, 0.29) is 17.1 Å². The summed E-state index contributed by atoms with van der Waals surface area (Å²) in [5, 5.41) is 11.3. The van der Waals surface area contributed by atoms with E-state index >= 15 is 0 Å². The van der Waals surface area contributed by atoms with E-state index in [2.05, 4.69) is 0 Å². The molecule has 2 aromatic carbocycles. The molecule has 0 saturated carbocycles. The second kappa shape index (κ2) is 8.98. The molecule has 0 fully saturated rings. The summed E-state index contributed by atoms with van der Waals surface area (Å²) in [5.41, 5.74) is 0.625. The summed E-state index contributed by atoms with van der Waals surface area (Å²) in [7, 11) is 2.66. The van der Waals surface area contributed by atoms with Gasteiger partial charge >= 0.3 is 5.97 Å². The van der Waals surface area contributed by atoms with E-state index in [9.17, 15) is 19.7 Å². The Morgan fingerprint density at radius 3 is 2.14 bits per heavy atom. The number of nitrogens with zero attached hydrogens (tertiary/aromatic N) is 1. The molecule has 0 aliphatic rings. The first-order valence-electron chi connectivity index (χ1n) is 8.56. The van der Waals surface area contributed by atoms with Gasteiger partial charge in [-0.1, -0.05) is 31.2 Å². The van der Waals surface area contributed by atoms with Crippen LogP contribution in [-0.4, -0.2) is 37.0 Å². The fraction of sp³-hybridized carbons (Fsp3) is 0.300. The van der Waals surface area contributed by atoms with E-state index in [1.165, 1.54) is 21.1 Å². The molecule has 28 heavy (non-hydrogen) atoms. The number of nitro groups is 1. The average Bonchev–Trinajstić information content (AvgIpc) is 2.71.